The lowest BCUT2D eigenvalue weighted by Gasteiger charge is -2.33. The van der Waals surface area contributed by atoms with Crippen LogP contribution in [0.4, 0.5) is 0 Å². The molecule has 0 spiro atoms. The van der Waals surface area contributed by atoms with Crippen molar-refractivity contribution >= 4 is 56.5 Å². The average molecular weight is 494 g/mol. The van der Waals surface area contributed by atoms with E-state index in [1.807, 2.05) is 0 Å². The van der Waals surface area contributed by atoms with Crippen LogP contribution in [0.1, 0.15) is 16.7 Å². The van der Waals surface area contributed by atoms with Gasteiger partial charge in [-0.15, -0.1) is 0 Å². The number of aromatic hydroxyl groups is 2. The average Bonchev–Trinajstić information content (AvgIpc) is 2.60. The Morgan fingerprint density at radius 3 is 1.90 bits per heavy atom. The molecule has 152 valence electrons. The molecule has 3 aromatic rings. The second kappa shape index (κ2) is 7.87. The molecule has 0 aliphatic carbocycles. The zero-order valence-corrected chi connectivity index (χ0v) is 18.1. The Morgan fingerprint density at radius 2 is 1.38 bits per heavy atom. The van der Waals surface area contributed by atoms with Crippen LogP contribution in [0.3, 0.4) is 0 Å². The summed E-state index contributed by atoms with van der Waals surface area (Å²) in [6.07, 6.45) is 0. The lowest BCUT2D eigenvalue weighted by atomic mass is 9.83. The zero-order valence-electron chi connectivity index (χ0n) is 14.3. The fourth-order valence-corrected chi connectivity index (χ4v) is 5.53. The summed E-state index contributed by atoms with van der Waals surface area (Å²) >= 11 is 24.4. The summed E-state index contributed by atoms with van der Waals surface area (Å²) in [5, 5.41) is 19.2. The molecule has 5 nitrogen and oxygen atoms in total. The second-order valence-electron chi connectivity index (χ2n) is 6.12. The van der Waals surface area contributed by atoms with Crippen LogP contribution in [-0.4, -0.2) is 23.2 Å². The quantitative estimate of drug-likeness (QED) is 0.311. The largest absolute Gasteiger partial charge is 0.508 e. The SMILES string of the molecule is O=S(=O)(O)C(c1cccc(Cl)c1)(c1cc(Cl)c(O)c(Cl)c1)c1ccc(O)cc1Cl. The predicted molar refractivity (Wildman–Crippen MR) is 114 cm³/mol. The van der Waals surface area contributed by atoms with Crippen molar-refractivity contribution in [3.05, 3.63) is 91.4 Å². The first kappa shape index (κ1) is 22.0. The minimum absolute atomic E-state index is 0.0397. The maximum atomic E-state index is 13.0. The number of benzene rings is 3. The van der Waals surface area contributed by atoms with E-state index in [1.54, 1.807) is 0 Å². The first-order valence-corrected chi connectivity index (χ1v) is 10.8. The smallest absolute Gasteiger partial charge is 0.283 e. The molecule has 3 N–H and O–H groups in total. The Bertz CT molecular complexity index is 1190. The molecule has 1 atom stereocenters. The zero-order chi connectivity index (χ0) is 21.6. The van der Waals surface area contributed by atoms with Gasteiger partial charge in [-0.2, -0.15) is 8.42 Å². The van der Waals surface area contributed by atoms with E-state index in [-0.39, 0.29) is 42.5 Å². The van der Waals surface area contributed by atoms with E-state index in [4.69, 9.17) is 46.4 Å². The van der Waals surface area contributed by atoms with Crippen LogP contribution in [0, 0.1) is 0 Å². The third kappa shape index (κ3) is 3.77. The first-order chi connectivity index (χ1) is 13.5. The van der Waals surface area contributed by atoms with Crippen LogP contribution in [-0.2, 0) is 14.9 Å². The summed E-state index contributed by atoms with van der Waals surface area (Å²) < 4.78 is 34.1. The van der Waals surface area contributed by atoms with Crippen molar-refractivity contribution in [1.82, 2.24) is 0 Å². The van der Waals surface area contributed by atoms with Gasteiger partial charge in [0.25, 0.3) is 10.1 Å². The van der Waals surface area contributed by atoms with Crippen molar-refractivity contribution in [1.29, 1.82) is 0 Å². The Balaban J connectivity index is 2.58. The number of phenols is 2. The minimum Gasteiger partial charge on any atom is -0.508 e. The summed E-state index contributed by atoms with van der Waals surface area (Å²) in [5.41, 5.74) is -0.139. The highest BCUT2D eigenvalue weighted by atomic mass is 35.5. The van der Waals surface area contributed by atoms with E-state index >= 15 is 0 Å². The van der Waals surface area contributed by atoms with Gasteiger partial charge in [-0.1, -0.05) is 64.6 Å². The Kier molecular flexibility index (Phi) is 5.98. The summed E-state index contributed by atoms with van der Waals surface area (Å²) in [6.45, 7) is 0. The molecule has 0 heterocycles. The van der Waals surface area contributed by atoms with E-state index in [0.29, 0.717) is 0 Å². The molecule has 3 aromatic carbocycles. The third-order valence-electron chi connectivity index (χ3n) is 4.37. The second-order valence-corrected chi connectivity index (χ2v) is 9.34. The summed E-state index contributed by atoms with van der Waals surface area (Å²) in [7, 11) is -5.01. The van der Waals surface area contributed by atoms with Gasteiger partial charge in [0, 0.05) is 15.6 Å². The number of rotatable bonds is 4. The van der Waals surface area contributed by atoms with Gasteiger partial charge >= 0.3 is 0 Å². The Morgan fingerprint density at radius 1 is 0.759 bits per heavy atom. The Hall–Kier alpha value is -1.67. The predicted octanol–water partition coefficient (Wildman–Crippen LogP) is 5.89. The molecule has 0 bridgehead atoms. The van der Waals surface area contributed by atoms with Gasteiger partial charge in [0.15, 0.2) is 10.5 Å². The lowest BCUT2D eigenvalue weighted by molar-refractivity contribution is 0.456. The van der Waals surface area contributed by atoms with Crippen LogP contribution < -0.4 is 0 Å². The van der Waals surface area contributed by atoms with E-state index < -0.39 is 20.6 Å². The summed E-state index contributed by atoms with van der Waals surface area (Å²) in [5.74, 6) is -0.667. The van der Waals surface area contributed by atoms with Crippen molar-refractivity contribution in [2.75, 3.05) is 0 Å². The van der Waals surface area contributed by atoms with Crippen molar-refractivity contribution in [3.8, 4) is 11.5 Å². The van der Waals surface area contributed by atoms with Crippen molar-refractivity contribution in [2.45, 2.75) is 4.75 Å². The molecule has 1 unspecified atom stereocenters. The number of hydrogen-bond donors (Lipinski definition) is 3. The first-order valence-electron chi connectivity index (χ1n) is 7.89. The van der Waals surface area contributed by atoms with Crippen LogP contribution in [0.2, 0.25) is 20.1 Å². The highest BCUT2D eigenvalue weighted by Gasteiger charge is 2.50. The van der Waals surface area contributed by atoms with E-state index in [0.717, 1.165) is 18.2 Å². The summed E-state index contributed by atoms with van der Waals surface area (Å²) in [6, 6.07) is 11.7. The number of halogens is 4. The maximum absolute atomic E-state index is 13.0. The molecule has 10 heteroatoms. The molecule has 0 aliphatic rings. The molecular formula is C19H12Cl4O5S. The molecular weight excluding hydrogens is 482 g/mol. The van der Waals surface area contributed by atoms with E-state index in [2.05, 4.69) is 0 Å². The fourth-order valence-electron chi connectivity index (χ4n) is 3.18. The van der Waals surface area contributed by atoms with Gasteiger partial charge in [-0.3, -0.25) is 4.55 Å². The normalized spacial score (nSPS) is 13.8. The van der Waals surface area contributed by atoms with Gasteiger partial charge in [0.1, 0.15) is 5.75 Å². The van der Waals surface area contributed by atoms with Gasteiger partial charge in [0.2, 0.25) is 0 Å². The molecule has 0 amide bonds. The van der Waals surface area contributed by atoms with E-state index in [1.165, 1.54) is 36.4 Å². The number of hydrogen-bond acceptors (Lipinski definition) is 4. The molecule has 0 aromatic heterocycles. The van der Waals surface area contributed by atoms with Gasteiger partial charge in [-0.05, 0) is 47.5 Å². The van der Waals surface area contributed by atoms with Crippen molar-refractivity contribution in [2.24, 2.45) is 0 Å². The maximum Gasteiger partial charge on any atom is 0.283 e. The topological polar surface area (TPSA) is 94.8 Å². The molecule has 29 heavy (non-hydrogen) atoms. The molecule has 0 saturated carbocycles. The van der Waals surface area contributed by atoms with Crippen LogP contribution in [0.5, 0.6) is 11.5 Å². The van der Waals surface area contributed by atoms with Crippen molar-refractivity contribution in [3.63, 3.8) is 0 Å². The monoisotopic (exact) mass is 492 g/mol. The van der Waals surface area contributed by atoms with Gasteiger partial charge in [-0.25, -0.2) is 0 Å². The lowest BCUT2D eigenvalue weighted by Crippen LogP contribution is -2.38. The van der Waals surface area contributed by atoms with E-state index in [9.17, 15) is 23.2 Å². The third-order valence-corrected chi connectivity index (χ3v) is 6.96. The van der Waals surface area contributed by atoms with Crippen LogP contribution in [0.25, 0.3) is 0 Å². The molecule has 0 radical (unpaired) electrons. The standard InChI is InChI=1S/C19H12Cl4O5S/c20-12-3-1-2-10(6-12)19(29(26,27)28,14-5-4-13(24)9-15(14)21)11-7-16(22)18(25)17(23)8-11/h1-9,24-25H,(H,26,27,28). The fraction of sp³-hybridized carbons (Fsp3) is 0.0526. The minimum atomic E-state index is -5.01. The number of phenolic OH excluding ortho intramolecular Hbond substituents is 2. The molecule has 0 aliphatic heterocycles. The highest BCUT2D eigenvalue weighted by molar-refractivity contribution is 7.87. The highest BCUT2D eigenvalue weighted by Crippen LogP contribution is 2.49. The van der Waals surface area contributed by atoms with Crippen molar-refractivity contribution < 1.29 is 23.2 Å². The molecule has 0 saturated heterocycles. The van der Waals surface area contributed by atoms with Gasteiger partial charge < -0.3 is 10.2 Å². The summed E-state index contributed by atoms with van der Waals surface area (Å²) in [4.78, 5) is 0. The van der Waals surface area contributed by atoms with Gasteiger partial charge in [0.05, 0.1) is 10.0 Å². The molecule has 0 fully saturated rings. The molecule has 3 rings (SSSR count). The van der Waals surface area contributed by atoms with Crippen LogP contribution in [0.15, 0.2) is 54.6 Å². The Labute approximate surface area is 186 Å². The van der Waals surface area contributed by atoms with Crippen LogP contribution >= 0.6 is 46.4 Å².